The third kappa shape index (κ3) is 4.64. The Morgan fingerprint density at radius 2 is 1.69 bits per heavy atom. The Balaban J connectivity index is 1.77. The van der Waals surface area contributed by atoms with E-state index in [1.807, 2.05) is 0 Å². The van der Waals surface area contributed by atoms with Gasteiger partial charge in [-0.1, -0.05) is 0 Å². The van der Waals surface area contributed by atoms with Crippen LogP contribution in [0.15, 0.2) is 29.2 Å². The average Bonchev–Trinajstić information content (AvgIpc) is 2.62. The molecule has 0 atom stereocenters. The monoisotopic (exact) mass is 408 g/mol. The second-order valence-electron chi connectivity index (χ2n) is 7.68. The molecule has 3 rings (SSSR count). The Kier molecular flexibility index (Phi) is 5.45. The molecule has 1 amide bonds. The van der Waals surface area contributed by atoms with Gasteiger partial charge in [0.25, 0.3) is 0 Å². The maximum atomic E-state index is 13.4. The van der Waals surface area contributed by atoms with Gasteiger partial charge in [0.15, 0.2) is 0 Å². The molecule has 0 spiro atoms. The van der Waals surface area contributed by atoms with Gasteiger partial charge in [-0.15, -0.1) is 0 Å². The number of aromatic nitrogens is 2. The minimum atomic E-state index is -0.901. The lowest BCUT2D eigenvalue weighted by Gasteiger charge is -2.36. The highest BCUT2D eigenvalue weighted by Gasteiger charge is 2.27. The normalized spacial score (nSPS) is 14.8. The molecule has 1 aromatic carbocycles. The molecule has 2 heterocycles. The molecule has 29 heavy (non-hydrogen) atoms. The molecule has 0 aliphatic carbocycles. The van der Waals surface area contributed by atoms with Crippen LogP contribution in [-0.4, -0.2) is 57.7 Å². The molecule has 1 aromatic heterocycles. The number of piperazine rings is 1. The third-order valence-corrected chi connectivity index (χ3v) is 4.30. The zero-order valence-corrected chi connectivity index (χ0v) is 16.4. The van der Waals surface area contributed by atoms with E-state index in [4.69, 9.17) is 4.74 Å². The third-order valence-electron chi connectivity index (χ3n) is 4.30. The Hall–Kier alpha value is -3.17. The molecule has 1 aliphatic rings. The van der Waals surface area contributed by atoms with E-state index in [0.717, 1.165) is 16.8 Å². The van der Waals surface area contributed by atoms with Crippen molar-refractivity contribution in [2.24, 2.45) is 0 Å². The van der Waals surface area contributed by atoms with Gasteiger partial charge >= 0.3 is 11.7 Å². The van der Waals surface area contributed by atoms with E-state index in [-0.39, 0.29) is 11.4 Å². The summed E-state index contributed by atoms with van der Waals surface area (Å²) < 4.78 is 32.9. The lowest BCUT2D eigenvalue weighted by Crippen LogP contribution is -2.50. The van der Waals surface area contributed by atoms with Crippen molar-refractivity contribution in [2.45, 2.75) is 26.4 Å². The van der Waals surface area contributed by atoms with Gasteiger partial charge in [0, 0.05) is 32.2 Å². The molecule has 1 aliphatic heterocycles. The van der Waals surface area contributed by atoms with Crippen molar-refractivity contribution in [1.82, 2.24) is 14.7 Å². The lowest BCUT2D eigenvalue weighted by molar-refractivity contribution is 0.0240. The van der Waals surface area contributed by atoms with Crippen molar-refractivity contribution in [3.05, 3.63) is 46.4 Å². The van der Waals surface area contributed by atoms with Gasteiger partial charge in [0.2, 0.25) is 5.75 Å². The number of hydrogen-bond donors (Lipinski definition) is 1. The summed E-state index contributed by atoms with van der Waals surface area (Å²) in [4.78, 5) is 27.9. The van der Waals surface area contributed by atoms with Crippen LogP contribution in [0, 0.1) is 11.6 Å². The SMILES string of the molecule is CC(C)(C)OC(=O)N1CCN(c2cnn(-c3cc(F)cc(F)c3)c(=O)c2O)CC1. The minimum Gasteiger partial charge on any atom is -0.501 e. The number of amides is 1. The van der Waals surface area contributed by atoms with Crippen LogP contribution in [0.3, 0.4) is 0 Å². The van der Waals surface area contributed by atoms with Gasteiger partial charge < -0.3 is 19.6 Å². The molecule has 0 bridgehead atoms. The Bertz CT molecular complexity index is 959. The van der Waals surface area contributed by atoms with Gasteiger partial charge in [-0.25, -0.2) is 13.6 Å². The highest BCUT2D eigenvalue weighted by molar-refractivity contribution is 5.69. The largest absolute Gasteiger partial charge is 0.501 e. The number of benzene rings is 1. The smallest absolute Gasteiger partial charge is 0.410 e. The summed E-state index contributed by atoms with van der Waals surface area (Å²) in [7, 11) is 0. The summed E-state index contributed by atoms with van der Waals surface area (Å²) >= 11 is 0. The zero-order valence-electron chi connectivity index (χ0n) is 16.4. The van der Waals surface area contributed by atoms with Gasteiger partial charge in [-0.2, -0.15) is 9.78 Å². The van der Waals surface area contributed by atoms with Crippen LogP contribution in [0.2, 0.25) is 0 Å². The fraction of sp³-hybridized carbons (Fsp3) is 0.421. The standard InChI is InChI=1S/C19H22F2N4O4/c1-19(2,3)29-18(28)24-6-4-23(5-7-24)15-11-22-25(17(27)16(15)26)14-9-12(20)8-13(21)10-14/h8-11,26H,4-7H2,1-3H3. The van der Waals surface area contributed by atoms with Crippen molar-refractivity contribution in [3.63, 3.8) is 0 Å². The summed E-state index contributed by atoms with van der Waals surface area (Å²) in [5.74, 6) is -2.32. The van der Waals surface area contributed by atoms with Crippen molar-refractivity contribution < 1.29 is 23.4 Å². The van der Waals surface area contributed by atoms with E-state index in [0.29, 0.717) is 32.2 Å². The summed E-state index contributed by atoms with van der Waals surface area (Å²) in [5.41, 5.74) is -1.45. The number of anilines is 1. The first-order valence-corrected chi connectivity index (χ1v) is 9.06. The Morgan fingerprint density at radius 3 is 2.24 bits per heavy atom. The van der Waals surface area contributed by atoms with Crippen LogP contribution in [0.4, 0.5) is 19.3 Å². The van der Waals surface area contributed by atoms with E-state index in [9.17, 15) is 23.5 Å². The highest BCUT2D eigenvalue weighted by Crippen LogP contribution is 2.24. The molecular weight excluding hydrogens is 386 g/mol. The number of rotatable bonds is 2. The number of ether oxygens (including phenoxy) is 1. The van der Waals surface area contributed by atoms with E-state index >= 15 is 0 Å². The average molecular weight is 408 g/mol. The summed E-state index contributed by atoms with van der Waals surface area (Å²) in [6, 6.07) is 2.55. The molecule has 0 saturated carbocycles. The predicted molar refractivity (Wildman–Crippen MR) is 101 cm³/mol. The van der Waals surface area contributed by atoms with E-state index in [2.05, 4.69) is 5.10 Å². The zero-order chi connectivity index (χ0) is 21.3. The summed E-state index contributed by atoms with van der Waals surface area (Å²) in [5, 5.41) is 14.3. The molecule has 1 saturated heterocycles. The molecule has 0 radical (unpaired) electrons. The molecule has 8 nitrogen and oxygen atoms in total. The van der Waals surface area contributed by atoms with Crippen LogP contribution in [-0.2, 0) is 4.74 Å². The summed E-state index contributed by atoms with van der Waals surface area (Å²) in [6.45, 7) is 6.73. The van der Waals surface area contributed by atoms with Crippen molar-refractivity contribution in [3.8, 4) is 11.4 Å². The highest BCUT2D eigenvalue weighted by atomic mass is 19.1. The number of aromatic hydroxyl groups is 1. The fourth-order valence-electron chi connectivity index (χ4n) is 2.97. The first-order valence-electron chi connectivity index (χ1n) is 9.06. The van der Waals surface area contributed by atoms with Gasteiger partial charge in [0.1, 0.15) is 22.9 Å². The van der Waals surface area contributed by atoms with Crippen molar-refractivity contribution in [2.75, 3.05) is 31.1 Å². The molecule has 1 N–H and O–H groups in total. The van der Waals surface area contributed by atoms with E-state index in [1.54, 1.807) is 30.6 Å². The van der Waals surface area contributed by atoms with E-state index < -0.39 is 34.6 Å². The first kappa shape index (κ1) is 20.6. The lowest BCUT2D eigenvalue weighted by atomic mass is 10.2. The second-order valence-corrected chi connectivity index (χ2v) is 7.68. The van der Waals surface area contributed by atoms with Gasteiger partial charge in [0.05, 0.1) is 11.9 Å². The first-order chi connectivity index (χ1) is 13.5. The quantitative estimate of drug-likeness (QED) is 0.820. The maximum absolute atomic E-state index is 13.4. The van der Waals surface area contributed by atoms with Crippen LogP contribution in [0.1, 0.15) is 20.8 Å². The predicted octanol–water partition coefficient (Wildman–Crippen LogP) is 2.27. The van der Waals surface area contributed by atoms with Gasteiger partial charge in [-0.3, -0.25) is 4.79 Å². The maximum Gasteiger partial charge on any atom is 0.410 e. The summed E-state index contributed by atoms with van der Waals surface area (Å²) in [6.07, 6.45) is 0.825. The molecular formula is C19H22F2N4O4. The van der Waals surface area contributed by atoms with Crippen molar-refractivity contribution in [1.29, 1.82) is 0 Å². The topological polar surface area (TPSA) is 87.9 Å². The number of hydrogen-bond acceptors (Lipinski definition) is 6. The molecule has 0 unspecified atom stereocenters. The Labute approximate surface area is 165 Å². The number of carbonyl (C=O) groups excluding carboxylic acids is 1. The molecule has 1 fully saturated rings. The fourth-order valence-corrected chi connectivity index (χ4v) is 2.97. The van der Waals surface area contributed by atoms with Crippen LogP contribution < -0.4 is 10.5 Å². The Morgan fingerprint density at radius 1 is 1.10 bits per heavy atom. The molecule has 2 aromatic rings. The van der Waals surface area contributed by atoms with Crippen LogP contribution >= 0.6 is 0 Å². The number of carbonyl (C=O) groups is 1. The van der Waals surface area contributed by atoms with Gasteiger partial charge in [-0.05, 0) is 32.9 Å². The second kappa shape index (κ2) is 7.69. The van der Waals surface area contributed by atoms with Crippen molar-refractivity contribution >= 4 is 11.8 Å². The van der Waals surface area contributed by atoms with Crippen LogP contribution in [0.25, 0.3) is 5.69 Å². The molecule has 156 valence electrons. The number of halogens is 2. The van der Waals surface area contributed by atoms with Crippen LogP contribution in [0.5, 0.6) is 5.75 Å². The van der Waals surface area contributed by atoms with E-state index in [1.165, 1.54) is 6.20 Å². The number of nitrogens with zero attached hydrogens (tertiary/aromatic N) is 4. The minimum absolute atomic E-state index is 0.135. The molecule has 10 heteroatoms.